The molecule has 1 rings (SSSR count). The van der Waals surface area contributed by atoms with Crippen molar-refractivity contribution in [2.45, 2.75) is 43.8 Å². The van der Waals surface area contributed by atoms with Crippen molar-refractivity contribution in [3.63, 3.8) is 0 Å². The number of carbonyl (C=O) groups excluding carboxylic acids is 1. The summed E-state index contributed by atoms with van der Waals surface area (Å²) in [6.45, 7) is 1.31. The van der Waals surface area contributed by atoms with Gasteiger partial charge in [0.05, 0.1) is 6.10 Å². The van der Waals surface area contributed by atoms with E-state index in [-0.39, 0.29) is 19.4 Å². The first-order valence-electron chi connectivity index (χ1n) is 7.20. The molecule has 126 valence electrons. The average molecular weight is 317 g/mol. The van der Waals surface area contributed by atoms with E-state index in [0.717, 1.165) is 0 Å². The van der Waals surface area contributed by atoms with Gasteiger partial charge in [0.1, 0.15) is 11.6 Å². The van der Waals surface area contributed by atoms with Gasteiger partial charge in [-0.3, -0.25) is 9.59 Å². The fraction of sp³-hybridized carbons (Fsp3) is 0.833. The molecule has 1 fully saturated rings. The number of rotatable bonds is 7. The number of aliphatic hydroxyl groups excluding tert-OH is 1. The molecule has 1 saturated heterocycles. The Labute approximate surface area is 129 Å². The summed E-state index contributed by atoms with van der Waals surface area (Å²) in [5.74, 6) is -2.28. The van der Waals surface area contributed by atoms with Gasteiger partial charge in [-0.05, 0) is 19.7 Å². The first kappa shape index (κ1) is 18.9. The van der Waals surface area contributed by atoms with Gasteiger partial charge < -0.3 is 36.6 Å². The number of hydrogen-bond donors (Lipinski definition) is 6. The Kier molecular flexibility index (Phi) is 6.32. The molecule has 0 aromatic heterocycles. The molecule has 0 aromatic carbocycles. The van der Waals surface area contributed by atoms with E-state index in [0.29, 0.717) is 12.8 Å². The van der Waals surface area contributed by atoms with Crippen molar-refractivity contribution in [1.82, 2.24) is 4.90 Å². The van der Waals surface area contributed by atoms with Crippen LogP contribution in [0.5, 0.6) is 0 Å². The highest BCUT2D eigenvalue weighted by Crippen LogP contribution is 2.31. The normalized spacial score (nSPS) is 27.5. The number of carbonyl (C=O) groups is 2. The number of aliphatic carboxylic acids is 1. The molecule has 0 radical (unpaired) electrons. The van der Waals surface area contributed by atoms with Crippen LogP contribution < -0.4 is 11.5 Å². The van der Waals surface area contributed by atoms with Crippen LogP contribution in [0.3, 0.4) is 0 Å². The summed E-state index contributed by atoms with van der Waals surface area (Å²) >= 11 is 0. The van der Waals surface area contributed by atoms with Gasteiger partial charge in [0.2, 0.25) is 5.91 Å². The van der Waals surface area contributed by atoms with Crippen molar-refractivity contribution in [1.29, 1.82) is 0 Å². The maximum atomic E-state index is 12.1. The molecular formula is C12H24BN3O6. The molecule has 2 unspecified atom stereocenters. The van der Waals surface area contributed by atoms with E-state index in [2.05, 4.69) is 0 Å². The standard InChI is InChI=1S/C12H24BN3O6/c1-7(17)9(14)10(18)16-5-8(3-2-4-13(21)22)12(15,6-16)11(19)20/h7-9,17,21-22H,2-6,14-15H2,1H3,(H,19,20)/t7?,8?,9-,12-/m0/s1. The molecule has 0 saturated carbocycles. The molecule has 1 aliphatic heterocycles. The van der Waals surface area contributed by atoms with Crippen LogP contribution in [0.25, 0.3) is 0 Å². The zero-order valence-corrected chi connectivity index (χ0v) is 12.6. The molecule has 0 aliphatic carbocycles. The van der Waals surface area contributed by atoms with E-state index in [1.165, 1.54) is 11.8 Å². The van der Waals surface area contributed by atoms with Crippen LogP contribution in [-0.4, -0.2) is 74.9 Å². The Morgan fingerprint density at radius 1 is 1.45 bits per heavy atom. The first-order chi connectivity index (χ1) is 10.1. The largest absolute Gasteiger partial charge is 0.480 e. The molecule has 1 amide bonds. The van der Waals surface area contributed by atoms with Crippen molar-refractivity contribution in [3.05, 3.63) is 0 Å². The number of likely N-dealkylation sites (tertiary alicyclic amines) is 1. The van der Waals surface area contributed by atoms with Crippen LogP contribution in [-0.2, 0) is 9.59 Å². The third-order valence-electron chi connectivity index (χ3n) is 4.15. The number of hydrogen-bond acceptors (Lipinski definition) is 7. The maximum Gasteiger partial charge on any atom is 0.451 e. The van der Waals surface area contributed by atoms with Gasteiger partial charge in [0, 0.05) is 19.0 Å². The molecule has 8 N–H and O–H groups in total. The molecule has 0 aromatic rings. The Hall–Kier alpha value is -1.20. The minimum absolute atomic E-state index is 0.104. The topological polar surface area (TPSA) is 170 Å². The van der Waals surface area contributed by atoms with Crippen molar-refractivity contribution >= 4 is 19.0 Å². The van der Waals surface area contributed by atoms with Gasteiger partial charge in [0.25, 0.3) is 0 Å². The smallest absolute Gasteiger partial charge is 0.451 e. The molecule has 0 bridgehead atoms. The fourth-order valence-electron chi connectivity index (χ4n) is 2.66. The lowest BCUT2D eigenvalue weighted by Gasteiger charge is -2.25. The van der Waals surface area contributed by atoms with Crippen molar-refractivity contribution in [3.8, 4) is 0 Å². The second-order valence-corrected chi connectivity index (χ2v) is 5.94. The highest BCUT2D eigenvalue weighted by Gasteiger charge is 2.51. The van der Waals surface area contributed by atoms with Crippen LogP contribution >= 0.6 is 0 Å². The zero-order chi connectivity index (χ0) is 17.1. The molecule has 4 atom stereocenters. The molecule has 10 heteroatoms. The average Bonchev–Trinajstić information content (AvgIpc) is 2.75. The lowest BCUT2D eigenvalue weighted by atomic mass is 9.78. The van der Waals surface area contributed by atoms with Crippen LogP contribution in [0.2, 0.25) is 6.32 Å². The zero-order valence-electron chi connectivity index (χ0n) is 12.6. The van der Waals surface area contributed by atoms with E-state index < -0.39 is 42.6 Å². The molecule has 9 nitrogen and oxygen atoms in total. The lowest BCUT2D eigenvalue weighted by Crippen LogP contribution is -2.56. The summed E-state index contributed by atoms with van der Waals surface area (Å²) in [5, 5.41) is 36.4. The number of carboxylic acids is 1. The summed E-state index contributed by atoms with van der Waals surface area (Å²) in [4.78, 5) is 24.9. The monoisotopic (exact) mass is 317 g/mol. The van der Waals surface area contributed by atoms with E-state index in [4.69, 9.17) is 21.5 Å². The van der Waals surface area contributed by atoms with Crippen LogP contribution in [0.1, 0.15) is 19.8 Å². The third kappa shape index (κ3) is 4.17. The number of nitrogens with two attached hydrogens (primary N) is 2. The number of carboxylic acid groups (broad SMARTS) is 1. The van der Waals surface area contributed by atoms with E-state index in [9.17, 15) is 19.8 Å². The summed E-state index contributed by atoms with van der Waals surface area (Å²) in [6.07, 6.45) is -0.228. The highest BCUT2D eigenvalue weighted by molar-refractivity contribution is 6.40. The molecule has 22 heavy (non-hydrogen) atoms. The van der Waals surface area contributed by atoms with Gasteiger partial charge in [-0.25, -0.2) is 0 Å². The van der Waals surface area contributed by atoms with Gasteiger partial charge in [0.15, 0.2) is 0 Å². The second kappa shape index (κ2) is 7.38. The maximum absolute atomic E-state index is 12.1. The van der Waals surface area contributed by atoms with Gasteiger partial charge in [-0.2, -0.15) is 0 Å². The van der Waals surface area contributed by atoms with Crippen LogP contribution in [0, 0.1) is 5.92 Å². The predicted octanol–water partition coefficient (Wildman–Crippen LogP) is -2.81. The van der Waals surface area contributed by atoms with Crippen molar-refractivity contribution < 1.29 is 29.9 Å². The summed E-state index contributed by atoms with van der Waals surface area (Å²) < 4.78 is 0. The minimum atomic E-state index is -1.60. The van der Waals surface area contributed by atoms with Gasteiger partial charge in [-0.1, -0.05) is 6.42 Å². The number of aliphatic hydroxyl groups is 1. The van der Waals surface area contributed by atoms with E-state index >= 15 is 0 Å². The van der Waals surface area contributed by atoms with Crippen molar-refractivity contribution in [2.24, 2.45) is 17.4 Å². The summed E-state index contributed by atoms with van der Waals surface area (Å²) in [7, 11) is -1.46. The predicted molar refractivity (Wildman–Crippen MR) is 78.5 cm³/mol. The summed E-state index contributed by atoms with van der Waals surface area (Å²) in [5.41, 5.74) is 9.94. The third-order valence-corrected chi connectivity index (χ3v) is 4.15. The van der Waals surface area contributed by atoms with Crippen molar-refractivity contribution in [2.75, 3.05) is 13.1 Å². The second-order valence-electron chi connectivity index (χ2n) is 5.94. The first-order valence-corrected chi connectivity index (χ1v) is 7.20. The Bertz CT molecular complexity index is 422. The van der Waals surface area contributed by atoms with Gasteiger partial charge in [-0.15, -0.1) is 0 Å². The highest BCUT2D eigenvalue weighted by atomic mass is 16.4. The van der Waals surface area contributed by atoms with Gasteiger partial charge >= 0.3 is 13.1 Å². The van der Waals surface area contributed by atoms with E-state index in [1.807, 2.05) is 0 Å². The molecular weight excluding hydrogens is 293 g/mol. The lowest BCUT2D eigenvalue weighted by molar-refractivity contribution is -0.144. The Balaban J connectivity index is 2.79. The quantitative estimate of drug-likeness (QED) is 0.273. The molecule has 0 spiro atoms. The molecule has 1 aliphatic rings. The minimum Gasteiger partial charge on any atom is -0.480 e. The Morgan fingerprint density at radius 2 is 2.05 bits per heavy atom. The SMILES string of the molecule is CC(O)[C@H](N)C(=O)N1CC(CCCB(O)O)[C@](N)(C(=O)O)C1. The van der Waals surface area contributed by atoms with Crippen LogP contribution in [0.15, 0.2) is 0 Å². The Morgan fingerprint density at radius 3 is 2.50 bits per heavy atom. The fourth-order valence-corrected chi connectivity index (χ4v) is 2.66. The van der Waals surface area contributed by atoms with Crippen LogP contribution in [0.4, 0.5) is 0 Å². The summed E-state index contributed by atoms with van der Waals surface area (Å²) in [6, 6.07) is -1.13. The van der Waals surface area contributed by atoms with E-state index in [1.54, 1.807) is 0 Å². The number of amides is 1. The number of nitrogens with zero attached hydrogens (tertiary/aromatic N) is 1. The molecule has 1 heterocycles.